The number of hydrogen-bond acceptors (Lipinski definition) is 3. The summed E-state index contributed by atoms with van der Waals surface area (Å²) in [7, 11) is -1.81. The third-order valence-corrected chi connectivity index (χ3v) is 6.24. The van der Waals surface area contributed by atoms with E-state index in [9.17, 15) is 8.42 Å². The Balaban J connectivity index is 2.35. The van der Waals surface area contributed by atoms with Crippen molar-refractivity contribution in [3.63, 3.8) is 0 Å². The Bertz CT molecular complexity index is 976. The Morgan fingerprint density at radius 3 is 2.04 bits per heavy atom. The summed E-state index contributed by atoms with van der Waals surface area (Å²) in [5.74, 6) is 0. The van der Waals surface area contributed by atoms with Gasteiger partial charge in [0.15, 0.2) is 0 Å². The highest BCUT2D eigenvalue weighted by molar-refractivity contribution is 7.90. The zero-order chi connectivity index (χ0) is 18.0. The van der Waals surface area contributed by atoms with Crippen LogP contribution in [0.1, 0.15) is 16.8 Å². The van der Waals surface area contributed by atoms with Crippen LogP contribution in [0.15, 0.2) is 65.6 Å². The van der Waals surface area contributed by atoms with Gasteiger partial charge in [0.05, 0.1) is 10.6 Å². The Morgan fingerprint density at radius 1 is 0.920 bits per heavy atom. The summed E-state index contributed by atoms with van der Waals surface area (Å²) in [4.78, 5) is 0.293. The Morgan fingerprint density at radius 2 is 1.48 bits per heavy atom. The molecule has 0 aliphatic heterocycles. The average Bonchev–Trinajstić information content (AvgIpc) is 2.89. The van der Waals surface area contributed by atoms with Crippen molar-refractivity contribution in [2.24, 2.45) is 0 Å². The molecule has 3 aromatic rings. The van der Waals surface area contributed by atoms with Crippen molar-refractivity contribution in [1.82, 2.24) is 9.29 Å². The van der Waals surface area contributed by atoms with Gasteiger partial charge >= 0.3 is 0 Å². The lowest BCUT2D eigenvalue weighted by Crippen LogP contribution is -2.16. The maximum Gasteiger partial charge on any atom is 0.268 e. The molecule has 0 radical (unpaired) electrons. The predicted octanol–water partition coefficient (Wildman–Crippen LogP) is 3.73. The van der Waals surface area contributed by atoms with Crippen molar-refractivity contribution in [2.75, 3.05) is 7.05 Å². The van der Waals surface area contributed by atoms with Gasteiger partial charge in [0, 0.05) is 12.2 Å². The van der Waals surface area contributed by atoms with Gasteiger partial charge in [-0.25, -0.2) is 12.4 Å². The highest BCUT2D eigenvalue weighted by atomic mass is 32.2. The van der Waals surface area contributed by atoms with E-state index in [1.807, 2.05) is 57.3 Å². The van der Waals surface area contributed by atoms with Gasteiger partial charge in [-0.2, -0.15) is 0 Å². The summed E-state index contributed by atoms with van der Waals surface area (Å²) in [6.07, 6.45) is 0. The minimum Gasteiger partial charge on any atom is -0.316 e. The third-order valence-electron chi connectivity index (χ3n) is 4.43. The largest absolute Gasteiger partial charge is 0.316 e. The lowest BCUT2D eigenvalue weighted by molar-refractivity contribution is 0.586. The van der Waals surface area contributed by atoms with Crippen LogP contribution in [-0.2, 0) is 16.6 Å². The van der Waals surface area contributed by atoms with E-state index in [1.54, 1.807) is 24.3 Å². The molecule has 0 amide bonds. The molecule has 25 heavy (non-hydrogen) atoms. The summed E-state index contributed by atoms with van der Waals surface area (Å²) < 4.78 is 28.2. The molecule has 0 aliphatic rings. The first-order chi connectivity index (χ1) is 12.0. The van der Waals surface area contributed by atoms with Gasteiger partial charge in [-0.15, -0.1) is 0 Å². The zero-order valence-electron chi connectivity index (χ0n) is 14.7. The second-order valence-corrected chi connectivity index (χ2v) is 7.80. The standard InChI is InChI=1S/C20H22N2O2S/c1-15-19(14-21-3)16(2)22(20(15)17-10-6-4-7-11-17)25(23,24)18-12-8-5-9-13-18/h4-13,21H,14H2,1-3H3. The van der Waals surface area contributed by atoms with E-state index in [-0.39, 0.29) is 0 Å². The van der Waals surface area contributed by atoms with Crippen molar-refractivity contribution < 1.29 is 8.42 Å². The van der Waals surface area contributed by atoms with E-state index in [0.29, 0.717) is 11.4 Å². The first kappa shape index (κ1) is 17.5. The van der Waals surface area contributed by atoms with E-state index in [2.05, 4.69) is 5.32 Å². The van der Waals surface area contributed by atoms with Crippen LogP contribution < -0.4 is 5.32 Å². The molecule has 0 atom stereocenters. The van der Waals surface area contributed by atoms with Gasteiger partial charge in [0.2, 0.25) is 0 Å². The number of hydrogen-bond donors (Lipinski definition) is 1. The van der Waals surface area contributed by atoms with Crippen molar-refractivity contribution in [1.29, 1.82) is 0 Å². The normalized spacial score (nSPS) is 11.6. The first-order valence-corrected chi connectivity index (χ1v) is 9.64. The third kappa shape index (κ3) is 3.01. The molecule has 2 aromatic carbocycles. The van der Waals surface area contributed by atoms with Gasteiger partial charge in [-0.3, -0.25) is 0 Å². The van der Waals surface area contributed by atoms with Crippen LogP contribution >= 0.6 is 0 Å². The number of rotatable bonds is 5. The minimum atomic E-state index is -3.68. The summed E-state index contributed by atoms with van der Waals surface area (Å²) >= 11 is 0. The molecule has 0 unspecified atom stereocenters. The second kappa shape index (κ2) is 6.86. The Hall–Kier alpha value is -2.37. The molecule has 130 valence electrons. The predicted molar refractivity (Wildman–Crippen MR) is 101 cm³/mol. The molecule has 3 rings (SSSR count). The number of nitrogens with one attached hydrogen (secondary N) is 1. The van der Waals surface area contributed by atoms with E-state index < -0.39 is 10.0 Å². The summed E-state index contributed by atoms with van der Waals surface area (Å²) in [6, 6.07) is 18.3. The number of aromatic nitrogens is 1. The van der Waals surface area contributed by atoms with Gasteiger partial charge in [0.25, 0.3) is 10.0 Å². The van der Waals surface area contributed by atoms with E-state index in [0.717, 1.165) is 28.1 Å². The Labute approximate surface area is 149 Å². The Kier molecular flexibility index (Phi) is 4.79. The van der Waals surface area contributed by atoms with Crippen LogP contribution in [0.25, 0.3) is 11.3 Å². The molecule has 5 heteroatoms. The average molecular weight is 354 g/mol. The molecule has 0 spiro atoms. The molecule has 0 saturated heterocycles. The monoisotopic (exact) mass is 354 g/mol. The van der Waals surface area contributed by atoms with Crippen molar-refractivity contribution in [3.05, 3.63) is 77.5 Å². The van der Waals surface area contributed by atoms with Crippen LogP contribution in [-0.4, -0.2) is 19.4 Å². The van der Waals surface area contributed by atoms with Crippen LogP contribution in [0.4, 0.5) is 0 Å². The second-order valence-electron chi connectivity index (χ2n) is 6.02. The quantitative estimate of drug-likeness (QED) is 0.759. The fraction of sp³-hybridized carbons (Fsp3) is 0.200. The fourth-order valence-corrected chi connectivity index (χ4v) is 4.89. The zero-order valence-corrected chi connectivity index (χ0v) is 15.5. The number of benzene rings is 2. The molecule has 0 bridgehead atoms. The van der Waals surface area contributed by atoms with Crippen molar-refractivity contribution in [2.45, 2.75) is 25.3 Å². The first-order valence-electron chi connectivity index (χ1n) is 8.20. The number of nitrogens with zero attached hydrogens (tertiary/aromatic N) is 1. The van der Waals surface area contributed by atoms with Crippen LogP contribution in [0.2, 0.25) is 0 Å². The lowest BCUT2D eigenvalue weighted by Gasteiger charge is -2.13. The van der Waals surface area contributed by atoms with E-state index in [1.165, 1.54) is 3.97 Å². The topological polar surface area (TPSA) is 51.1 Å². The molecular weight excluding hydrogens is 332 g/mol. The smallest absolute Gasteiger partial charge is 0.268 e. The maximum absolute atomic E-state index is 13.4. The maximum atomic E-state index is 13.4. The molecular formula is C20H22N2O2S. The van der Waals surface area contributed by atoms with Gasteiger partial charge in [-0.1, -0.05) is 48.5 Å². The van der Waals surface area contributed by atoms with Gasteiger partial charge in [-0.05, 0) is 49.7 Å². The van der Waals surface area contributed by atoms with Crippen LogP contribution in [0.5, 0.6) is 0 Å². The SMILES string of the molecule is CNCc1c(C)c(-c2ccccc2)n(S(=O)(=O)c2ccccc2)c1C. The summed E-state index contributed by atoms with van der Waals surface area (Å²) in [6.45, 7) is 4.47. The van der Waals surface area contributed by atoms with Crippen molar-refractivity contribution >= 4 is 10.0 Å². The van der Waals surface area contributed by atoms with Crippen molar-refractivity contribution in [3.8, 4) is 11.3 Å². The molecule has 0 fully saturated rings. The molecule has 1 aromatic heterocycles. The lowest BCUT2D eigenvalue weighted by atomic mass is 10.1. The van der Waals surface area contributed by atoms with Gasteiger partial charge < -0.3 is 5.32 Å². The minimum absolute atomic E-state index is 0.293. The molecule has 1 N–H and O–H groups in total. The van der Waals surface area contributed by atoms with Crippen LogP contribution in [0, 0.1) is 13.8 Å². The van der Waals surface area contributed by atoms with Crippen LogP contribution in [0.3, 0.4) is 0 Å². The highest BCUT2D eigenvalue weighted by Gasteiger charge is 2.27. The van der Waals surface area contributed by atoms with E-state index in [4.69, 9.17) is 0 Å². The summed E-state index contributed by atoms with van der Waals surface area (Å²) in [5.41, 5.74) is 4.37. The van der Waals surface area contributed by atoms with Gasteiger partial charge in [0.1, 0.15) is 0 Å². The molecule has 4 nitrogen and oxygen atoms in total. The van der Waals surface area contributed by atoms with E-state index >= 15 is 0 Å². The molecule has 0 saturated carbocycles. The highest BCUT2D eigenvalue weighted by Crippen LogP contribution is 2.34. The fourth-order valence-electron chi connectivity index (χ4n) is 3.22. The summed E-state index contributed by atoms with van der Waals surface area (Å²) in [5, 5.41) is 3.14. The molecule has 0 aliphatic carbocycles. The molecule has 1 heterocycles.